The van der Waals surface area contributed by atoms with Crippen molar-refractivity contribution in [3.05, 3.63) is 71.8 Å². The molecule has 1 amide bonds. The predicted molar refractivity (Wildman–Crippen MR) is 95.2 cm³/mol. The molecule has 2 N–H and O–H groups in total. The van der Waals surface area contributed by atoms with Gasteiger partial charge < -0.3 is 15.2 Å². The molecule has 1 atom stereocenters. The number of nitrogens with one attached hydrogen (secondary N) is 1. The SMILES string of the molecule is CC(CCC(=O)O)NC(=O)COC(c1ccccc1)c1ccccc1. The third kappa shape index (κ3) is 6.39. The van der Waals surface area contributed by atoms with Crippen molar-refractivity contribution in [1.29, 1.82) is 0 Å². The number of carboxylic acid groups (broad SMARTS) is 1. The Hall–Kier alpha value is -2.66. The number of carboxylic acids is 1. The van der Waals surface area contributed by atoms with Gasteiger partial charge in [0.05, 0.1) is 0 Å². The lowest BCUT2D eigenvalue weighted by Gasteiger charge is -2.20. The molecule has 2 aromatic rings. The Kier molecular flexibility index (Phi) is 7.16. The molecule has 0 radical (unpaired) electrons. The Labute approximate surface area is 147 Å². The second kappa shape index (κ2) is 9.59. The van der Waals surface area contributed by atoms with E-state index in [1.807, 2.05) is 60.7 Å². The highest BCUT2D eigenvalue weighted by Crippen LogP contribution is 2.25. The fraction of sp³-hybridized carbons (Fsp3) is 0.300. The average molecular weight is 341 g/mol. The predicted octanol–water partition coefficient (Wildman–Crippen LogP) is 3.16. The van der Waals surface area contributed by atoms with Crippen LogP contribution in [0.5, 0.6) is 0 Å². The van der Waals surface area contributed by atoms with Crippen molar-refractivity contribution in [3.8, 4) is 0 Å². The van der Waals surface area contributed by atoms with Gasteiger partial charge in [-0.3, -0.25) is 9.59 Å². The maximum Gasteiger partial charge on any atom is 0.303 e. The van der Waals surface area contributed by atoms with Crippen molar-refractivity contribution in [2.24, 2.45) is 0 Å². The van der Waals surface area contributed by atoms with E-state index in [4.69, 9.17) is 9.84 Å². The van der Waals surface area contributed by atoms with Crippen LogP contribution in [0.1, 0.15) is 37.0 Å². The summed E-state index contributed by atoms with van der Waals surface area (Å²) in [5.74, 6) is -1.12. The lowest BCUT2D eigenvalue weighted by atomic mass is 10.0. The summed E-state index contributed by atoms with van der Waals surface area (Å²) in [5, 5.41) is 11.5. The minimum Gasteiger partial charge on any atom is -0.481 e. The van der Waals surface area contributed by atoms with Crippen LogP contribution in [0.2, 0.25) is 0 Å². The van der Waals surface area contributed by atoms with Crippen LogP contribution in [0, 0.1) is 0 Å². The number of aliphatic carboxylic acids is 1. The molecule has 2 aromatic carbocycles. The molecular formula is C20H23NO4. The third-order valence-electron chi connectivity index (χ3n) is 3.78. The molecular weight excluding hydrogens is 318 g/mol. The zero-order valence-corrected chi connectivity index (χ0v) is 14.2. The van der Waals surface area contributed by atoms with Gasteiger partial charge in [-0.05, 0) is 24.5 Å². The smallest absolute Gasteiger partial charge is 0.303 e. The topological polar surface area (TPSA) is 75.6 Å². The fourth-order valence-electron chi connectivity index (χ4n) is 2.53. The van der Waals surface area contributed by atoms with Crippen LogP contribution in [0.3, 0.4) is 0 Å². The first-order valence-electron chi connectivity index (χ1n) is 8.29. The number of carbonyl (C=O) groups is 2. The molecule has 132 valence electrons. The Balaban J connectivity index is 1.96. The van der Waals surface area contributed by atoms with Crippen molar-refractivity contribution >= 4 is 11.9 Å². The molecule has 0 saturated heterocycles. The van der Waals surface area contributed by atoms with E-state index in [9.17, 15) is 9.59 Å². The molecule has 0 spiro atoms. The maximum absolute atomic E-state index is 12.1. The van der Waals surface area contributed by atoms with Gasteiger partial charge >= 0.3 is 5.97 Å². The second-order valence-corrected chi connectivity index (χ2v) is 5.91. The van der Waals surface area contributed by atoms with Crippen LogP contribution >= 0.6 is 0 Å². The molecule has 0 saturated carbocycles. The summed E-state index contributed by atoms with van der Waals surface area (Å²) >= 11 is 0. The highest BCUT2D eigenvalue weighted by molar-refractivity contribution is 5.77. The van der Waals surface area contributed by atoms with E-state index in [0.717, 1.165) is 11.1 Å². The minimum atomic E-state index is -0.870. The van der Waals surface area contributed by atoms with Gasteiger partial charge in [0.1, 0.15) is 12.7 Å². The number of carbonyl (C=O) groups excluding carboxylic acids is 1. The lowest BCUT2D eigenvalue weighted by Crippen LogP contribution is -2.36. The average Bonchev–Trinajstić information content (AvgIpc) is 2.62. The number of ether oxygens (including phenoxy) is 1. The molecule has 0 fully saturated rings. The van der Waals surface area contributed by atoms with E-state index in [2.05, 4.69) is 5.32 Å². The standard InChI is InChI=1S/C20H23NO4/c1-15(12-13-19(23)24)21-18(22)14-25-20(16-8-4-2-5-9-16)17-10-6-3-7-11-17/h2-11,15,20H,12-14H2,1H3,(H,21,22)(H,23,24). The lowest BCUT2D eigenvalue weighted by molar-refractivity contribution is -0.137. The Morgan fingerprint density at radius 1 is 1.00 bits per heavy atom. The van der Waals surface area contributed by atoms with Crippen molar-refractivity contribution in [2.45, 2.75) is 31.9 Å². The molecule has 2 rings (SSSR count). The monoisotopic (exact) mass is 341 g/mol. The van der Waals surface area contributed by atoms with E-state index in [0.29, 0.717) is 6.42 Å². The highest BCUT2D eigenvalue weighted by atomic mass is 16.5. The van der Waals surface area contributed by atoms with Gasteiger partial charge in [-0.2, -0.15) is 0 Å². The summed E-state index contributed by atoms with van der Waals surface area (Å²) < 4.78 is 5.87. The molecule has 5 heteroatoms. The van der Waals surface area contributed by atoms with Crippen LogP contribution in [0.4, 0.5) is 0 Å². The molecule has 1 unspecified atom stereocenters. The summed E-state index contributed by atoms with van der Waals surface area (Å²) in [4.78, 5) is 22.7. The molecule has 0 aromatic heterocycles. The van der Waals surface area contributed by atoms with Crippen LogP contribution in [0.25, 0.3) is 0 Å². The van der Waals surface area contributed by atoms with Crippen LogP contribution in [0.15, 0.2) is 60.7 Å². The van der Waals surface area contributed by atoms with Gasteiger partial charge in [0.25, 0.3) is 0 Å². The van der Waals surface area contributed by atoms with Crippen LogP contribution in [-0.4, -0.2) is 29.6 Å². The summed E-state index contributed by atoms with van der Waals surface area (Å²) in [6, 6.07) is 19.2. The molecule has 0 aliphatic heterocycles. The van der Waals surface area contributed by atoms with Crippen molar-refractivity contribution < 1.29 is 19.4 Å². The van der Waals surface area contributed by atoms with Gasteiger partial charge in [0.15, 0.2) is 0 Å². The zero-order chi connectivity index (χ0) is 18.1. The van der Waals surface area contributed by atoms with Crippen molar-refractivity contribution in [3.63, 3.8) is 0 Å². The first kappa shape index (κ1) is 18.7. The Bertz CT molecular complexity index is 633. The Morgan fingerprint density at radius 2 is 1.52 bits per heavy atom. The molecule has 25 heavy (non-hydrogen) atoms. The molecule has 0 heterocycles. The van der Waals surface area contributed by atoms with E-state index >= 15 is 0 Å². The highest BCUT2D eigenvalue weighted by Gasteiger charge is 2.17. The summed E-state index contributed by atoms with van der Waals surface area (Å²) in [6.07, 6.45) is 0.0865. The van der Waals surface area contributed by atoms with Crippen molar-refractivity contribution in [2.75, 3.05) is 6.61 Å². The van der Waals surface area contributed by atoms with Gasteiger partial charge in [-0.15, -0.1) is 0 Å². The molecule has 0 aliphatic carbocycles. The molecule has 5 nitrogen and oxygen atoms in total. The summed E-state index contributed by atoms with van der Waals surface area (Å²) in [6.45, 7) is 1.69. The number of amides is 1. The quantitative estimate of drug-likeness (QED) is 0.734. The number of hydrogen-bond acceptors (Lipinski definition) is 3. The van der Waals surface area contributed by atoms with Gasteiger partial charge in [0.2, 0.25) is 5.91 Å². The minimum absolute atomic E-state index is 0.0267. The largest absolute Gasteiger partial charge is 0.481 e. The number of rotatable bonds is 9. The summed E-state index contributed by atoms with van der Waals surface area (Å²) in [5.41, 5.74) is 1.95. The normalized spacial score (nSPS) is 11.9. The second-order valence-electron chi connectivity index (χ2n) is 5.91. The van der Waals surface area contributed by atoms with E-state index < -0.39 is 5.97 Å². The maximum atomic E-state index is 12.1. The van der Waals surface area contributed by atoms with E-state index in [1.54, 1.807) is 6.92 Å². The first-order valence-corrected chi connectivity index (χ1v) is 8.29. The summed E-state index contributed by atoms with van der Waals surface area (Å²) in [7, 11) is 0. The third-order valence-corrected chi connectivity index (χ3v) is 3.78. The van der Waals surface area contributed by atoms with Gasteiger partial charge in [0, 0.05) is 12.5 Å². The van der Waals surface area contributed by atoms with Crippen molar-refractivity contribution in [1.82, 2.24) is 5.32 Å². The molecule has 0 bridgehead atoms. The number of benzene rings is 2. The first-order chi connectivity index (χ1) is 12.1. The van der Waals surface area contributed by atoms with E-state index in [1.165, 1.54) is 0 Å². The zero-order valence-electron chi connectivity index (χ0n) is 14.2. The fourth-order valence-corrected chi connectivity index (χ4v) is 2.53. The Morgan fingerprint density at radius 3 is 2.00 bits per heavy atom. The van der Waals surface area contributed by atoms with E-state index in [-0.39, 0.29) is 31.1 Å². The number of hydrogen-bond donors (Lipinski definition) is 2. The van der Waals surface area contributed by atoms with Gasteiger partial charge in [-0.1, -0.05) is 60.7 Å². The van der Waals surface area contributed by atoms with Crippen LogP contribution < -0.4 is 5.32 Å². The van der Waals surface area contributed by atoms with Gasteiger partial charge in [-0.25, -0.2) is 0 Å². The molecule has 0 aliphatic rings. The van der Waals surface area contributed by atoms with Crippen LogP contribution in [-0.2, 0) is 14.3 Å².